The van der Waals surface area contributed by atoms with Gasteiger partial charge in [-0.05, 0) is 63.8 Å². The van der Waals surface area contributed by atoms with Crippen molar-refractivity contribution in [3.8, 4) is 11.5 Å². The lowest BCUT2D eigenvalue weighted by Crippen LogP contribution is -2.53. The lowest BCUT2D eigenvalue weighted by atomic mass is 10.0. The number of benzene rings is 1. The van der Waals surface area contributed by atoms with Gasteiger partial charge in [0, 0.05) is 18.1 Å². The number of hydrogen-bond donors (Lipinski definition) is 1. The Morgan fingerprint density at radius 3 is 2.54 bits per heavy atom. The number of rotatable bonds is 4. The summed E-state index contributed by atoms with van der Waals surface area (Å²) in [5.74, 6) is 1.56. The predicted molar refractivity (Wildman–Crippen MR) is 118 cm³/mol. The first kappa shape index (κ1) is 21.2. The summed E-state index contributed by atoms with van der Waals surface area (Å²) in [6.45, 7) is 16.9. The third kappa shape index (κ3) is 3.95. The first-order valence-electron chi connectivity index (χ1n) is 10.1. The van der Waals surface area contributed by atoms with Gasteiger partial charge in [-0.2, -0.15) is 0 Å². The molecular weight excluding hydrogens is 368 g/mol. The van der Waals surface area contributed by atoms with Gasteiger partial charge >= 0.3 is 0 Å². The van der Waals surface area contributed by atoms with E-state index in [0.29, 0.717) is 6.61 Å². The van der Waals surface area contributed by atoms with Crippen molar-refractivity contribution in [3.05, 3.63) is 23.9 Å². The summed E-state index contributed by atoms with van der Waals surface area (Å²) in [6.07, 6.45) is 1.93. The van der Waals surface area contributed by atoms with Gasteiger partial charge in [0.25, 0.3) is 0 Å². The van der Waals surface area contributed by atoms with Gasteiger partial charge in [0.1, 0.15) is 18.3 Å². The van der Waals surface area contributed by atoms with Crippen LogP contribution < -0.4 is 9.47 Å². The van der Waals surface area contributed by atoms with Crippen LogP contribution in [0.2, 0.25) is 18.1 Å². The number of aromatic amines is 1. The van der Waals surface area contributed by atoms with Crippen molar-refractivity contribution in [1.29, 1.82) is 0 Å². The lowest BCUT2D eigenvalue weighted by Gasteiger charge is -2.42. The molecule has 5 nitrogen and oxygen atoms in total. The molecule has 1 aromatic heterocycles. The van der Waals surface area contributed by atoms with Gasteiger partial charge in [0.2, 0.25) is 0 Å². The molecule has 1 N–H and O–H groups in total. The van der Waals surface area contributed by atoms with Crippen LogP contribution in [-0.4, -0.2) is 50.6 Å². The fraction of sp³-hybridized carbons (Fsp3) is 0.636. The van der Waals surface area contributed by atoms with Crippen molar-refractivity contribution in [2.45, 2.75) is 71.0 Å². The van der Waals surface area contributed by atoms with E-state index in [0.717, 1.165) is 23.6 Å². The largest absolute Gasteiger partial charge is 0.485 e. The van der Waals surface area contributed by atoms with Crippen LogP contribution in [0.1, 0.15) is 40.2 Å². The SMILES string of the molecule is CN(C)Cc1c[nH]c2c3c(ccc12)OC(C)(C)C(O[Si](C)(C)C(C)(C)C)CO3. The van der Waals surface area contributed by atoms with Crippen LogP contribution in [-0.2, 0) is 11.0 Å². The minimum absolute atomic E-state index is 0.132. The van der Waals surface area contributed by atoms with Gasteiger partial charge in [-0.1, -0.05) is 20.8 Å². The molecule has 1 atom stereocenters. The van der Waals surface area contributed by atoms with Crippen LogP contribution in [0.25, 0.3) is 10.9 Å². The summed E-state index contributed by atoms with van der Waals surface area (Å²) in [6, 6.07) is 4.15. The number of nitrogens with one attached hydrogen (secondary N) is 1. The highest BCUT2D eigenvalue weighted by atomic mass is 28.4. The summed E-state index contributed by atoms with van der Waals surface area (Å²) >= 11 is 0. The van der Waals surface area contributed by atoms with Crippen molar-refractivity contribution in [1.82, 2.24) is 9.88 Å². The Bertz CT molecular complexity index is 849. The van der Waals surface area contributed by atoms with Crippen LogP contribution >= 0.6 is 0 Å². The standard InChI is InChI=1S/C22H36N2O3Si/c1-21(2,3)28(8,9)27-18-14-25-20-17(26-22(18,4)5)11-10-16-15(13-24(6)7)12-23-19(16)20/h10-12,18,23H,13-14H2,1-9H3. The molecule has 2 aromatic rings. The highest BCUT2D eigenvalue weighted by Crippen LogP contribution is 2.44. The molecule has 6 heteroatoms. The Balaban J connectivity index is 1.94. The van der Waals surface area contributed by atoms with Crippen molar-refractivity contribution in [2.24, 2.45) is 0 Å². The second-order valence-corrected chi connectivity index (χ2v) is 15.0. The smallest absolute Gasteiger partial charge is 0.192 e. The molecule has 0 saturated carbocycles. The van der Waals surface area contributed by atoms with E-state index in [-0.39, 0.29) is 11.1 Å². The molecule has 2 heterocycles. The van der Waals surface area contributed by atoms with Gasteiger partial charge in [-0.25, -0.2) is 0 Å². The van der Waals surface area contributed by atoms with E-state index in [1.54, 1.807) is 0 Å². The molecule has 0 aliphatic carbocycles. The molecule has 1 aliphatic rings. The Labute approximate surface area is 170 Å². The van der Waals surface area contributed by atoms with Crippen LogP contribution in [0.15, 0.2) is 18.3 Å². The van der Waals surface area contributed by atoms with E-state index < -0.39 is 13.9 Å². The van der Waals surface area contributed by atoms with E-state index in [2.05, 4.69) is 84.0 Å². The van der Waals surface area contributed by atoms with Crippen LogP contribution in [0, 0.1) is 0 Å². The third-order valence-electron chi connectivity index (χ3n) is 6.12. The van der Waals surface area contributed by atoms with E-state index >= 15 is 0 Å². The number of nitrogens with zero attached hydrogens (tertiary/aromatic N) is 1. The fourth-order valence-corrected chi connectivity index (χ4v) is 4.74. The molecule has 0 spiro atoms. The van der Waals surface area contributed by atoms with Gasteiger partial charge in [0.15, 0.2) is 19.8 Å². The molecule has 3 rings (SSSR count). The van der Waals surface area contributed by atoms with Crippen LogP contribution in [0.5, 0.6) is 11.5 Å². The lowest BCUT2D eigenvalue weighted by molar-refractivity contribution is -0.0272. The van der Waals surface area contributed by atoms with Gasteiger partial charge in [-0.15, -0.1) is 0 Å². The van der Waals surface area contributed by atoms with Crippen molar-refractivity contribution in [2.75, 3.05) is 20.7 Å². The van der Waals surface area contributed by atoms with Crippen molar-refractivity contribution < 1.29 is 13.9 Å². The average Bonchev–Trinajstić information content (AvgIpc) is 2.87. The predicted octanol–water partition coefficient (Wildman–Crippen LogP) is 5.17. The van der Waals surface area contributed by atoms with E-state index in [1.165, 1.54) is 10.9 Å². The van der Waals surface area contributed by atoms with E-state index in [1.807, 2.05) is 6.07 Å². The summed E-state index contributed by atoms with van der Waals surface area (Å²) in [5, 5.41) is 1.31. The second kappa shape index (κ2) is 7.08. The van der Waals surface area contributed by atoms with E-state index in [9.17, 15) is 0 Å². The quantitative estimate of drug-likeness (QED) is 0.714. The molecular formula is C22H36N2O3Si. The zero-order valence-corrected chi connectivity index (χ0v) is 19.9. The molecule has 0 saturated heterocycles. The molecule has 1 aromatic carbocycles. The maximum atomic E-state index is 6.71. The first-order chi connectivity index (χ1) is 12.8. The zero-order valence-electron chi connectivity index (χ0n) is 18.9. The normalized spacial score (nSPS) is 19.9. The number of aromatic nitrogens is 1. The fourth-order valence-electron chi connectivity index (χ4n) is 3.32. The highest BCUT2D eigenvalue weighted by molar-refractivity contribution is 6.74. The van der Waals surface area contributed by atoms with Crippen LogP contribution in [0.4, 0.5) is 0 Å². The Kier molecular flexibility index (Phi) is 5.36. The Morgan fingerprint density at radius 2 is 1.93 bits per heavy atom. The molecule has 0 radical (unpaired) electrons. The Morgan fingerprint density at radius 1 is 1.25 bits per heavy atom. The topological polar surface area (TPSA) is 46.7 Å². The summed E-state index contributed by atoms with van der Waals surface area (Å²) in [4.78, 5) is 5.56. The average molecular weight is 405 g/mol. The summed E-state index contributed by atoms with van der Waals surface area (Å²) in [7, 11) is 2.21. The summed E-state index contributed by atoms with van der Waals surface area (Å²) < 4.78 is 19.5. The highest BCUT2D eigenvalue weighted by Gasteiger charge is 2.45. The molecule has 1 unspecified atom stereocenters. The third-order valence-corrected chi connectivity index (χ3v) is 10.6. The number of ether oxygens (including phenoxy) is 2. The van der Waals surface area contributed by atoms with E-state index in [4.69, 9.17) is 13.9 Å². The van der Waals surface area contributed by atoms with Gasteiger partial charge in [0.05, 0.1) is 5.52 Å². The summed E-state index contributed by atoms with van der Waals surface area (Å²) in [5.41, 5.74) is 1.77. The molecule has 1 aliphatic heterocycles. The van der Waals surface area contributed by atoms with Gasteiger partial charge < -0.3 is 23.8 Å². The van der Waals surface area contributed by atoms with Crippen molar-refractivity contribution >= 4 is 19.2 Å². The second-order valence-electron chi connectivity index (χ2n) is 10.3. The molecule has 28 heavy (non-hydrogen) atoms. The number of fused-ring (bicyclic) bond motifs is 3. The first-order valence-corrected chi connectivity index (χ1v) is 13.0. The molecule has 0 amide bonds. The Hall–Kier alpha value is -1.50. The van der Waals surface area contributed by atoms with Crippen LogP contribution in [0.3, 0.4) is 0 Å². The number of H-pyrrole nitrogens is 1. The molecule has 0 bridgehead atoms. The maximum Gasteiger partial charge on any atom is 0.192 e. The van der Waals surface area contributed by atoms with Gasteiger partial charge in [-0.3, -0.25) is 0 Å². The zero-order chi connectivity index (χ0) is 20.9. The minimum Gasteiger partial charge on any atom is -0.485 e. The number of hydrogen-bond acceptors (Lipinski definition) is 4. The maximum absolute atomic E-state index is 6.71. The molecule has 0 fully saturated rings. The van der Waals surface area contributed by atoms with Crippen molar-refractivity contribution in [3.63, 3.8) is 0 Å². The monoisotopic (exact) mass is 404 g/mol. The molecule has 156 valence electrons. The minimum atomic E-state index is -1.95.